The van der Waals surface area contributed by atoms with Gasteiger partial charge in [-0.15, -0.1) is 0 Å². The lowest BCUT2D eigenvalue weighted by Crippen LogP contribution is -2.33. The summed E-state index contributed by atoms with van der Waals surface area (Å²) in [4.78, 5) is 25.1. The zero-order valence-corrected chi connectivity index (χ0v) is 17.8. The molecule has 1 aromatic heterocycles. The van der Waals surface area contributed by atoms with E-state index >= 15 is 0 Å². The van der Waals surface area contributed by atoms with Gasteiger partial charge in [0.2, 0.25) is 5.82 Å². The third-order valence-corrected chi connectivity index (χ3v) is 5.75. The van der Waals surface area contributed by atoms with E-state index in [1.54, 1.807) is 14.1 Å². The van der Waals surface area contributed by atoms with Crippen molar-refractivity contribution in [3.63, 3.8) is 0 Å². The molecule has 0 radical (unpaired) electrons. The number of hydrogen-bond acceptors (Lipinski definition) is 5. The van der Waals surface area contributed by atoms with E-state index in [9.17, 15) is 4.79 Å². The summed E-state index contributed by atoms with van der Waals surface area (Å²) < 4.78 is 0. The fraction of sp³-hybridized carbons (Fsp3) is 0.500. The zero-order chi connectivity index (χ0) is 20.4. The highest BCUT2D eigenvalue weighted by Crippen LogP contribution is 2.24. The number of carbonyl (C=O) groups is 1. The number of hydrogen-bond donors (Lipinski definition) is 1. The molecule has 1 N–H and O–H groups in total. The molecular formula is C22H31N5O. The molecule has 0 spiro atoms. The number of carbonyl (C=O) groups excluding carboxylic acids is 1. The first-order chi connectivity index (χ1) is 13.3. The first-order valence-corrected chi connectivity index (χ1v) is 9.88. The van der Waals surface area contributed by atoms with E-state index in [1.807, 2.05) is 13.8 Å². The van der Waals surface area contributed by atoms with Crippen LogP contribution in [0.15, 0.2) is 18.2 Å². The van der Waals surface area contributed by atoms with E-state index in [2.05, 4.69) is 52.2 Å². The van der Waals surface area contributed by atoms with E-state index in [-0.39, 0.29) is 11.7 Å². The summed E-state index contributed by atoms with van der Waals surface area (Å²) in [5.41, 5.74) is 5.95. The molecule has 150 valence electrons. The summed E-state index contributed by atoms with van der Waals surface area (Å²) in [6.45, 7) is 11.0. The highest BCUT2D eigenvalue weighted by atomic mass is 16.2. The zero-order valence-electron chi connectivity index (χ0n) is 17.8. The van der Waals surface area contributed by atoms with Gasteiger partial charge in [-0.05, 0) is 50.8 Å². The van der Waals surface area contributed by atoms with Gasteiger partial charge in [-0.1, -0.05) is 18.2 Å². The van der Waals surface area contributed by atoms with Crippen LogP contribution in [-0.2, 0) is 6.54 Å². The first kappa shape index (κ1) is 20.3. The Morgan fingerprint density at radius 2 is 1.93 bits per heavy atom. The Morgan fingerprint density at radius 1 is 1.18 bits per heavy atom. The molecule has 2 heterocycles. The van der Waals surface area contributed by atoms with E-state index in [4.69, 9.17) is 0 Å². The lowest BCUT2D eigenvalue weighted by Gasteiger charge is -2.22. The SMILES string of the molecule is Cc1cccc(CN[C@@H]2CCN(c3nc(C(=O)N(C)C)nc(C)c3C)C2)c1C. The molecule has 1 saturated heterocycles. The van der Waals surface area contributed by atoms with Crippen LogP contribution >= 0.6 is 0 Å². The average molecular weight is 382 g/mol. The van der Waals surface area contributed by atoms with Gasteiger partial charge >= 0.3 is 0 Å². The van der Waals surface area contributed by atoms with Crippen LogP contribution in [0.1, 0.15) is 45.0 Å². The second-order valence-electron chi connectivity index (χ2n) is 7.95. The van der Waals surface area contributed by atoms with E-state index in [0.29, 0.717) is 6.04 Å². The molecule has 0 saturated carbocycles. The summed E-state index contributed by atoms with van der Waals surface area (Å²) in [6, 6.07) is 6.88. The lowest BCUT2D eigenvalue weighted by atomic mass is 10.0. The minimum absolute atomic E-state index is 0.159. The second kappa shape index (κ2) is 8.27. The van der Waals surface area contributed by atoms with Crippen LogP contribution in [-0.4, -0.2) is 54.0 Å². The minimum atomic E-state index is -0.159. The molecule has 6 heteroatoms. The molecule has 28 heavy (non-hydrogen) atoms. The molecule has 0 unspecified atom stereocenters. The van der Waals surface area contributed by atoms with Crippen LogP contribution in [0.3, 0.4) is 0 Å². The van der Waals surface area contributed by atoms with Crippen LogP contribution in [0.4, 0.5) is 5.82 Å². The quantitative estimate of drug-likeness (QED) is 0.863. The summed E-state index contributed by atoms with van der Waals surface area (Å²) in [5.74, 6) is 0.997. The van der Waals surface area contributed by atoms with Crippen molar-refractivity contribution in [3.8, 4) is 0 Å². The van der Waals surface area contributed by atoms with Crippen LogP contribution in [0.5, 0.6) is 0 Å². The Morgan fingerprint density at radius 3 is 2.64 bits per heavy atom. The maximum Gasteiger partial charge on any atom is 0.291 e. The van der Waals surface area contributed by atoms with Crippen molar-refractivity contribution in [2.45, 2.75) is 46.7 Å². The van der Waals surface area contributed by atoms with Crippen molar-refractivity contribution >= 4 is 11.7 Å². The van der Waals surface area contributed by atoms with E-state index < -0.39 is 0 Å². The highest BCUT2D eigenvalue weighted by molar-refractivity contribution is 5.90. The molecule has 1 atom stereocenters. The van der Waals surface area contributed by atoms with Crippen LogP contribution in [0.25, 0.3) is 0 Å². The molecule has 6 nitrogen and oxygen atoms in total. The van der Waals surface area contributed by atoms with Gasteiger partial charge in [0, 0.05) is 51.0 Å². The molecule has 1 amide bonds. The van der Waals surface area contributed by atoms with Crippen molar-refractivity contribution in [1.29, 1.82) is 0 Å². The van der Waals surface area contributed by atoms with Gasteiger partial charge in [0.05, 0.1) is 0 Å². The third-order valence-electron chi connectivity index (χ3n) is 5.75. The fourth-order valence-corrected chi connectivity index (χ4v) is 3.59. The number of aryl methyl sites for hydroxylation is 2. The standard InChI is InChI=1S/C22H31N5O/c1-14-8-7-9-18(15(14)2)12-23-19-10-11-27(13-19)21-16(3)17(4)24-20(25-21)22(28)26(5)6/h7-9,19,23H,10-13H2,1-6H3/t19-/m1/s1. The van der Waals surface area contributed by atoms with Crippen molar-refractivity contribution < 1.29 is 4.79 Å². The normalized spacial score (nSPS) is 16.5. The molecular weight excluding hydrogens is 350 g/mol. The first-order valence-electron chi connectivity index (χ1n) is 9.88. The maximum absolute atomic E-state index is 12.3. The predicted molar refractivity (Wildman–Crippen MR) is 113 cm³/mol. The van der Waals surface area contributed by atoms with Crippen LogP contribution < -0.4 is 10.2 Å². The third kappa shape index (κ3) is 4.17. The topological polar surface area (TPSA) is 61.4 Å². The van der Waals surface area contributed by atoms with Gasteiger partial charge < -0.3 is 15.1 Å². The Balaban J connectivity index is 1.71. The number of anilines is 1. The lowest BCUT2D eigenvalue weighted by molar-refractivity contribution is 0.0815. The molecule has 1 aromatic carbocycles. The average Bonchev–Trinajstić information content (AvgIpc) is 3.13. The summed E-state index contributed by atoms with van der Waals surface area (Å²) >= 11 is 0. The molecule has 1 aliphatic rings. The Labute approximate surface area is 168 Å². The smallest absolute Gasteiger partial charge is 0.291 e. The van der Waals surface area contributed by atoms with E-state index in [1.165, 1.54) is 21.6 Å². The molecule has 1 aliphatic heterocycles. The van der Waals surface area contributed by atoms with Gasteiger partial charge in [-0.2, -0.15) is 0 Å². The van der Waals surface area contributed by atoms with Crippen molar-refractivity contribution in [2.24, 2.45) is 0 Å². The number of aromatic nitrogens is 2. The van der Waals surface area contributed by atoms with Crippen molar-refractivity contribution in [3.05, 3.63) is 52.0 Å². The molecule has 0 aliphatic carbocycles. The maximum atomic E-state index is 12.3. The molecule has 0 bridgehead atoms. The van der Waals surface area contributed by atoms with Gasteiger partial charge in [0.25, 0.3) is 5.91 Å². The Bertz CT molecular complexity index is 877. The monoisotopic (exact) mass is 381 g/mol. The number of amides is 1. The minimum Gasteiger partial charge on any atom is -0.355 e. The second-order valence-corrected chi connectivity index (χ2v) is 7.95. The van der Waals surface area contributed by atoms with Gasteiger partial charge in [0.1, 0.15) is 5.82 Å². The predicted octanol–water partition coefficient (Wildman–Crippen LogP) is 2.78. The molecule has 2 aromatic rings. The number of rotatable bonds is 5. The summed E-state index contributed by atoms with van der Waals surface area (Å²) in [5, 5.41) is 3.70. The Kier molecular flexibility index (Phi) is 5.98. The van der Waals surface area contributed by atoms with Crippen molar-refractivity contribution in [2.75, 3.05) is 32.1 Å². The molecule has 1 fully saturated rings. The fourth-order valence-electron chi connectivity index (χ4n) is 3.59. The highest BCUT2D eigenvalue weighted by Gasteiger charge is 2.26. The summed E-state index contributed by atoms with van der Waals surface area (Å²) in [7, 11) is 3.45. The van der Waals surface area contributed by atoms with Crippen LogP contribution in [0, 0.1) is 27.7 Å². The van der Waals surface area contributed by atoms with Crippen molar-refractivity contribution in [1.82, 2.24) is 20.2 Å². The molecule has 3 rings (SSSR count). The summed E-state index contributed by atoms with van der Waals surface area (Å²) in [6.07, 6.45) is 1.06. The van der Waals surface area contributed by atoms with Gasteiger partial charge in [-0.3, -0.25) is 4.79 Å². The van der Waals surface area contributed by atoms with Gasteiger partial charge in [0.15, 0.2) is 0 Å². The van der Waals surface area contributed by atoms with E-state index in [0.717, 1.165) is 43.1 Å². The Hall–Kier alpha value is -2.47. The number of nitrogens with zero attached hydrogens (tertiary/aromatic N) is 4. The largest absolute Gasteiger partial charge is 0.355 e. The number of benzene rings is 1. The van der Waals surface area contributed by atoms with Gasteiger partial charge in [-0.25, -0.2) is 9.97 Å². The number of nitrogens with one attached hydrogen (secondary N) is 1. The van der Waals surface area contributed by atoms with Crippen LogP contribution in [0.2, 0.25) is 0 Å².